The highest BCUT2D eigenvalue weighted by atomic mass is 16.7. The summed E-state index contributed by atoms with van der Waals surface area (Å²) in [6.45, 7) is 4.81. The molecule has 1 aromatic carbocycles. The summed E-state index contributed by atoms with van der Waals surface area (Å²) < 4.78 is 26.8. The van der Waals surface area contributed by atoms with E-state index in [4.69, 9.17) is 29.4 Å². The average molecular weight is 297 g/mol. The fourth-order valence-electron chi connectivity index (χ4n) is 2.05. The highest BCUT2D eigenvalue weighted by Crippen LogP contribution is 2.45. The Hall–Kier alpha value is -2.15. The zero-order valence-electron chi connectivity index (χ0n) is 12.3. The number of nitrogen functional groups attached to an aromatic ring is 1. The number of carbonyl (C=O) groups is 1. The smallest absolute Gasteiger partial charge is 0.343 e. The Morgan fingerprint density at radius 1 is 1.38 bits per heavy atom. The molecule has 1 heterocycles. The van der Waals surface area contributed by atoms with Gasteiger partial charge in [-0.3, -0.25) is 0 Å². The Balaban J connectivity index is 2.44. The third-order valence-corrected chi connectivity index (χ3v) is 2.89. The number of rotatable bonds is 5. The van der Waals surface area contributed by atoms with Gasteiger partial charge in [-0.15, -0.1) is 0 Å². The van der Waals surface area contributed by atoms with Crippen LogP contribution in [0.3, 0.4) is 0 Å². The topological polar surface area (TPSA) is 89.2 Å². The number of methoxy groups -OCH3 is 1. The molecule has 1 aromatic rings. The highest BCUT2D eigenvalue weighted by Gasteiger charge is 2.29. The van der Waals surface area contributed by atoms with Gasteiger partial charge in [-0.2, -0.15) is 0 Å². The largest absolute Gasteiger partial charge is 0.485 e. The van der Waals surface area contributed by atoms with Gasteiger partial charge >= 0.3 is 5.97 Å². The minimum Gasteiger partial charge on any atom is -0.485 e. The summed E-state index contributed by atoms with van der Waals surface area (Å²) in [6.07, 6.45) is -0.479. The lowest BCUT2D eigenvalue weighted by molar-refractivity contribution is -0.0630. The molecule has 1 unspecified atom stereocenters. The molecule has 0 aromatic heterocycles. The number of anilines is 1. The van der Waals surface area contributed by atoms with Gasteiger partial charge in [-0.25, -0.2) is 4.79 Å². The molecule has 1 atom stereocenters. The summed E-state index contributed by atoms with van der Waals surface area (Å²) in [7, 11) is 1.28. The Morgan fingerprint density at radius 2 is 2.05 bits per heavy atom. The van der Waals surface area contributed by atoms with E-state index in [2.05, 4.69) is 0 Å². The van der Waals surface area contributed by atoms with Crippen LogP contribution in [0.15, 0.2) is 6.07 Å². The first-order valence-electron chi connectivity index (χ1n) is 6.67. The summed E-state index contributed by atoms with van der Waals surface area (Å²) in [6, 6.07) is 1.51. The maximum atomic E-state index is 11.8. The molecule has 2 N–H and O–H groups in total. The highest BCUT2D eigenvalue weighted by molar-refractivity contribution is 6.00. The fourth-order valence-corrected chi connectivity index (χ4v) is 2.05. The lowest BCUT2D eigenvalue weighted by atomic mass is 10.1. The van der Waals surface area contributed by atoms with E-state index < -0.39 is 12.3 Å². The van der Waals surface area contributed by atoms with E-state index in [1.165, 1.54) is 13.2 Å². The predicted octanol–water partition coefficient (Wildman–Crippen LogP) is 1.59. The summed E-state index contributed by atoms with van der Waals surface area (Å²) in [5.41, 5.74) is 6.26. The monoisotopic (exact) mass is 297 g/mol. The standard InChI is InChI=1S/C14H19NO6/c1-4-18-8(2)21-10-7-9(15)11(14(16)17-3)13-12(10)19-5-6-20-13/h7-8H,4-6,15H2,1-3H3. The normalized spacial score (nSPS) is 14.4. The lowest BCUT2D eigenvalue weighted by Gasteiger charge is -2.25. The molecule has 0 saturated carbocycles. The first kappa shape index (κ1) is 15.2. The van der Waals surface area contributed by atoms with Gasteiger partial charge in [0.05, 0.1) is 12.8 Å². The van der Waals surface area contributed by atoms with Gasteiger partial charge in [0, 0.05) is 12.7 Å². The number of ether oxygens (including phenoxy) is 5. The molecule has 7 nitrogen and oxygen atoms in total. The van der Waals surface area contributed by atoms with Crippen LogP contribution >= 0.6 is 0 Å². The maximum absolute atomic E-state index is 11.8. The molecule has 2 rings (SSSR count). The van der Waals surface area contributed by atoms with Gasteiger partial charge < -0.3 is 29.4 Å². The van der Waals surface area contributed by atoms with Crippen LogP contribution in [0.2, 0.25) is 0 Å². The molecule has 0 spiro atoms. The zero-order valence-corrected chi connectivity index (χ0v) is 12.3. The predicted molar refractivity (Wildman–Crippen MR) is 74.9 cm³/mol. The average Bonchev–Trinajstić information content (AvgIpc) is 2.47. The minimum atomic E-state index is -0.585. The van der Waals surface area contributed by atoms with Crippen molar-refractivity contribution in [3.63, 3.8) is 0 Å². The van der Waals surface area contributed by atoms with Crippen LogP contribution in [0.1, 0.15) is 24.2 Å². The molecular weight excluding hydrogens is 278 g/mol. The van der Waals surface area contributed by atoms with Crippen LogP contribution in [0, 0.1) is 0 Å². The van der Waals surface area contributed by atoms with E-state index in [0.29, 0.717) is 31.3 Å². The first-order chi connectivity index (χ1) is 10.1. The number of benzene rings is 1. The van der Waals surface area contributed by atoms with Crippen LogP contribution in [0.5, 0.6) is 17.2 Å². The van der Waals surface area contributed by atoms with Gasteiger partial charge in [0.15, 0.2) is 17.8 Å². The number of hydrogen-bond acceptors (Lipinski definition) is 7. The van der Waals surface area contributed by atoms with Crippen molar-refractivity contribution in [1.82, 2.24) is 0 Å². The molecule has 0 amide bonds. The Kier molecular flexibility index (Phi) is 4.74. The van der Waals surface area contributed by atoms with Crippen LogP contribution in [0.25, 0.3) is 0 Å². The molecule has 0 fully saturated rings. The van der Waals surface area contributed by atoms with Crippen LogP contribution in [0.4, 0.5) is 5.69 Å². The fraction of sp³-hybridized carbons (Fsp3) is 0.500. The number of nitrogens with two attached hydrogens (primary N) is 1. The number of esters is 1. The molecule has 0 saturated heterocycles. The summed E-state index contributed by atoms with van der Waals surface area (Å²) in [5.74, 6) is 0.365. The van der Waals surface area contributed by atoms with Gasteiger partial charge in [0.1, 0.15) is 18.8 Å². The maximum Gasteiger partial charge on any atom is 0.343 e. The molecule has 21 heavy (non-hydrogen) atoms. The zero-order chi connectivity index (χ0) is 15.4. The molecule has 0 aliphatic carbocycles. The van der Waals surface area contributed by atoms with Crippen molar-refractivity contribution >= 4 is 11.7 Å². The number of carbonyl (C=O) groups excluding carboxylic acids is 1. The van der Waals surface area contributed by atoms with Gasteiger partial charge in [0.25, 0.3) is 0 Å². The Bertz CT molecular complexity index is 531. The summed E-state index contributed by atoms with van der Waals surface area (Å²) in [5, 5.41) is 0. The SMILES string of the molecule is CCOC(C)Oc1cc(N)c(C(=O)OC)c2c1OCCO2. The van der Waals surface area contributed by atoms with Crippen molar-refractivity contribution in [3.05, 3.63) is 11.6 Å². The van der Waals surface area contributed by atoms with Crippen molar-refractivity contribution in [2.75, 3.05) is 32.7 Å². The van der Waals surface area contributed by atoms with Gasteiger partial charge in [-0.1, -0.05) is 0 Å². The van der Waals surface area contributed by atoms with E-state index in [-0.39, 0.29) is 17.0 Å². The number of fused-ring (bicyclic) bond motifs is 1. The first-order valence-corrected chi connectivity index (χ1v) is 6.67. The second-order valence-electron chi connectivity index (χ2n) is 4.33. The molecule has 116 valence electrons. The Morgan fingerprint density at radius 3 is 2.67 bits per heavy atom. The lowest BCUT2D eigenvalue weighted by Crippen LogP contribution is -2.22. The van der Waals surface area contributed by atoms with E-state index in [1.54, 1.807) is 6.92 Å². The van der Waals surface area contributed by atoms with Crippen LogP contribution < -0.4 is 19.9 Å². The van der Waals surface area contributed by atoms with E-state index in [0.717, 1.165) is 0 Å². The molecule has 1 aliphatic heterocycles. The van der Waals surface area contributed by atoms with Crippen molar-refractivity contribution in [1.29, 1.82) is 0 Å². The van der Waals surface area contributed by atoms with E-state index in [1.807, 2.05) is 6.92 Å². The number of hydrogen-bond donors (Lipinski definition) is 1. The van der Waals surface area contributed by atoms with Crippen molar-refractivity contribution in [2.45, 2.75) is 20.1 Å². The van der Waals surface area contributed by atoms with Crippen LogP contribution in [-0.4, -0.2) is 39.2 Å². The molecular formula is C14H19NO6. The molecule has 1 aliphatic rings. The van der Waals surface area contributed by atoms with Gasteiger partial charge in [-0.05, 0) is 13.8 Å². The quantitative estimate of drug-likeness (QED) is 0.501. The van der Waals surface area contributed by atoms with Crippen molar-refractivity contribution in [2.24, 2.45) is 0 Å². The summed E-state index contributed by atoms with van der Waals surface area (Å²) >= 11 is 0. The summed E-state index contributed by atoms with van der Waals surface area (Å²) in [4.78, 5) is 11.8. The second-order valence-corrected chi connectivity index (χ2v) is 4.33. The third kappa shape index (κ3) is 3.13. The van der Waals surface area contributed by atoms with Crippen LogP contribution in [-0.2, 0) is 9.47 Å². The second kappa shape index (κ2) is 6.53. The third-order valence-electron chi connectivity index (χ3n) is 2.89. The van der Waals surface area contributed by atoms with E-state index in [9.17, 15) is 4.79 Å². The molecule has 0 bridgehead atoms. The molecule has 7 heteroatoms. The van der Waals surface area contributed by atoms with E-state index >= 15 is 0 Å². The minimum absolute atomic E-state index is 0.142. The molecule has 0 radical (unpaired) electrons. The van der Waals surface area contributed by atoms with Gasteiger partial charge in [0.2, 0.25) is 5.75 Å². The van der Waals surface area contributed by atoms with Crippen molar-refractivity contribution in [3.8, 4) is 17.2 Å². The Labute approximate surface area is 122 Å². The van der Waals surface area contributed by atoms with Crippen molar-refractivity contribution < 1.29 is 28.5 Å².